The van der Waals surface area contributed by atoms with Gasteiger partial charge in [-0.25, -0.2) is 0 Å². The van der Waals surface area contributed by atoms with Crippen LogP contribution in [0.5, 0.6) is 0 Å². The second kappa shape index (κ2) is 5.14. The highest BCUT2D eigenvalue weighted by Gasteiger charge is 2.17. The van der Waals surface area contributed by atoms with Gasteiger partial charge in [0, 0.05) is 31.5 Å². The summed E-state index contributed by atoms with van der Waals surface area (Å²) in [7, 11) is 1.96. The summed E-state index contributed by atoms with van der Waals surface area (Å²) < 4.78 is 3.84. The van der Waals surface area contributed by atoms with Crippen molar-refractivity contribution < 1.29 is 0 Å². The van der Waals surface area contributed by atoms with Crippen LogP contribution in [0, 0.1) is 0 Å². The number of nitrogens with zero attached hydrogens (tertiary/aromatic N) is 4. The Bertz CT molecular complexity index is 471. The Kier molecular flexibility index (Phi) is 3.58. The van der Waals surface area contributed by atoms with Crippen molar-refractivity contribution in [1.29, 1.82) is 0 Å². The Balaban J connectivity index is 2.32. The third-order valence-electron chi connectivity index (χ3n) is 2.87. The molecule has 0 fully saturated rings. The van der Waals surface area contributed by atoms with E-state index in [1.54, 1.807) is 0 Å². The van der Waals surface area contributed by atoms with Gasteiger partial charge in [-0.3, -0.25) is 9.36 Å². The molecule has 0 aliphatic rings. The van der Waals surface area contributed by atoms with Crippen LogP contribution in [0.25, 0.3) is 0 Å². The highest BCUT2D eigenvalue weighted by Crippen LogP contribution is 2.20. The van der Waals surface area contributed by atoms with Crippen LogP contribution in [0.2, 0.25) is 0 Å². The first-order valence-corrected chi connectivity index (χ1v) is 5.99. The fraction of sp³-hybridized carbons (Fsp3) is 0.500. The molecule has 5 heteroatoms. The van der Waals surface area contributed by atoms with E-state index in [1.165, 1.54) is 5.56 Å². The zero-order chi connectivity index (χ0) is 12.3. The summed E-state index contributed by atoms with van der Waals surface area (Å²) in [5.74, 6) is 0. The number of aromatic nitrogens is 4. The molecule has 1 atom stereocenters. The maximum absolute atomic E-state index is 4.32. The molecule has 0 amide bonds. The van der Waals surface area contributed by atoms with E-state index >= 15 is 0 Å². The van der Waals surface area contributed by atoms with Crippen LogP contribution in [0.1, 0.15) is 31.1 Å². The van der Waals surface area contributed by atoms with Crippen LogP contribution in [0.4, 0.5) is 0 Å². The van der Waals surface area contributed by atoms with Crippen molar-refractivity contribution in [3.05, 3.63) is 35.9 Å². The Labute approximate surface area is 101 Å². The van der Waals surface area contributed by atoms with Gasteiger partial charge in [0.2, 0.25) is 0 Å². The molecular formula is C12H19N5. The predicted octanol–water partition coefficient (Wildman–Crippen LogP) is 1.34. The van der Waals surface area contributed by atoms with E-state index in [0.717, 1.165) is 18.8 Å². The van der Waals surface area contributed by atoms with Crippen LogP contribution < -0.4 is 5.32 Å². The minimum absolute atomic E-state index is 0.160. The van der Waals surface area contributed by atoms with Crippen molar-refractivity contribution in [2.45, 2.75) is 26.4 Å². The van der Waals surface area contributed by atoms with Gasteiger partial charge >= 0.3 is 0 Å². The molecule has 0 saturated heterocycles. The van der Waals surface area contributed by atoms with Crippen molar-refractivity contribution in [3.8, 4) is 0 Å². The van der Waals surface area contributed by atoms with Crippen molar-refractivity contribution in [2.24, 2.45) is 7.05 Å². The molecule has 0 aromatic carbocycles. The molecule has 17 heavy (non-hydrogen) atoms. The van der Waals surface area contributed by atoms with Gasteiger partial charge in [0.05, 0.1) is 17.9 Å². The standard InChI is InChI=1S/C12H19N5/c1-4-13-12(11-6-7-14-16(11)3)10-8-15-17(5-2)9-10/h6-9,12-13H,4-5H2,1-3H3. The van der Waals surface area contributed by atoms with Gasteiger partial charge in [-0.1, -0.05) is 6.92 Å². The largest absolute Gasteiger partial charge is 0.305 e. The van der Waals surface area contributed by atoms with Crippen LogP contribution >= 0.6 is 0 Å². The summed E-state index contributed by atoms with van der Waals surface area (Å²) in [5, 5.41) is 12.0. The van der Waals surface area contributed by atoms with Crippen LogP contribution in [0.15, 0.2) is 24.7 Å². The average molecular weight is 233 g/mol. The Morgan fingerprint density at radius 1 is 1.35 bits per heavy atom. The monoisotopic (exact) mass is 233 g/mol. The lowest BCUT2D eigenvalue weighted by atomic mass is 10.1. The zero-order valence-electron chi connectivity index (χ0n) is 10.6. The normalized spacial score (nSPS) is 12.9. The molecule has 0 bridgehead atoms. The van der Waals surface area contributed by atoms with Crippen LogP contribution in [-0.2, 0) is 13.6 Å². The number of rotatable bonds is 5. The van der Waals surface area contributed by atoms with E-state index < -0.39 is 0 Å². The quantitative estimate of drug-likeness (QED) is 0.847. The summed E-state index contributed by atoms with van der Waals surface area (Å²) >= 11 is 0. The minimum Gasteiger partial charge on any atom is -0.305 e. The predicted molar refractivity (Wildman–Crippen MR) is 66.6 cm³/mol. The molecule has 1 unspecified atom stereocenters. The van der Waals surface area contributed by atoms with E-state index in [4.69, 9.17) is 0 Å². The second-order valence-corrected chi connectivity index (χ2v) is 4.00. The highest BCUT2D eigenvalue weighted by atomic mass is 15.3. The maximum atomic E-state index is 4.32. The third-order valence-corrected chi connectivity index (χ3v) is 2.87. The van der Waals surface area contributed by atoms with E-state index in [-0.39, 0.29) is 6.04 Å². The molecule has 92 valence electrons. The van der Waals surface area contributed by atoms with Gasteiger partial charge in [0.1, 0.15) is 0 Å². The molecule has 0 saturated carbocycles. The second-order valence-electron chi connectivity index (χ2n) is 4.00. The molecule has 0 aliphatic carbocycles. The minimum atomic E-state index is 0.160. The summed E-state index contributed by atoms with van der Waals surface area (Å²) in [6.07, 6.45) is 5.83. The topological polar surface area (TPSA) is 47.7 Å². The summed E-state index contributed by atoms with van der Waals surface area (Å²) in [6, 6.07) is 2.20. The molecule has 2 aromatic heterocycles. The van der Waals surface area contributed by atoms with Crippen molar-refractivity contribution in [2.75, 3.05) is 6.54 Å². The van der Waals surface area contributed by atoms with Crippen LogP contribution in [-0.4, -0.2) is 26.1 Å². The Morgan fingerprint density at radius 3 is 2.71 bits per heavy atom. The molecule has 2 rings (SSSR count). The Hall–Kier alpha value is -1.62. The van der Waals surface area contributed by atoms with E-state index in [2.05, 4.69) is 35.6 Å². The van der Waals surface area contributed by atoms with E-state index in [9.17, 15) is 0 Å². The first-order chi connectivity index (χ1) is 8.26. The summed E-state index contributed by atoms with van der Waals surface area (Å²) in [5.41, 5.74) is 2.33. The lowest BCUT2D eigenvalue weighted by Gasteiger charge is -2.16. The fourth-order valence-electron chi connectivity index (χ4n) is 1.97. The van der Waals surface area contributed by atoms with Crippen molar-refractivity contribution in [3.63, 3.8) is 0 Å². The Morgan fingerprint density at radius 2 is 2.18 bits per heavy atom. The smallest absolute Gasteiger partial charge is 0.0778 e. The van der Waals surface area contributed by atoms with Gasteiger partial charge in [0.15, 0.2) is 0 Å². The SMILES string of the molecule is CCNC(c1cnn(CC)c1)c1ccnn1C. The molecule has 1 N–H and O–H groups in total. The summed E-state index contributed by atoms with van der Waals surface area (Å²) in [6.45, 7) is 5.99. The average Bonchev–Trinajstić information content (AvgIpc) is 2.95. The molecule has 0 spiro atoms. The van der Waals surface area contributed by atoms with E-state index in [1.807, 2.05) is 34.9 Å². The number of hydrogen-bond donors (Lipinski definition) is 1. The van der Waals surface area contributed by atoms with Gasteiger partial charge in [-0.2, -0.15) is 10.2 Å². The zero-order valence-corrected chi connectivity index (χ0v) is 10.6. The van der Waals surface area contributed by atoms with E-state index in [0.29, 0.717) is 0 Å². The fourth-order valence-corrected chi connectivity index (χ4v) is 1.97. The van der Waals surface area contributed by atoms with Gasteiger partial charge in [-0.15, -0.1) is 0 Å². The highest BCUT2D eigenvalue weighted by molar-refractivity contribution is 5.23. The van der Waals surface area contributed by atoms with Gasteiger partial charge in [-0.05, 0) is 19.5 Å². The maximum Gasteiger partial charge on any atom is 0.0778 e. The molecule has 2 aromatic rings. The molecule has 5 nitrogen and oxygen atoms in total. The first kappa shape index (κ1) is 11.9. The third kappa shape index (κ3) is 2.39. The molecule has 0 radical (unpaired) electrons. The molecule has 0 aliphatic heterocycles. The van der Waals surface area contributed by atoms with Crippen LogP contribution in [0.3, 0.4) is 0 Å². The number of aryl methyl sites for hydroxylation is 2. The lowest BCUT2D eigenvalue weighted by Crippen LogP contribution is -2.23. The number of nitrogens with one attached hydrogen (secondary N) is 1. The van der Waals surface area contributed by atoms with Gasteiger partial charge in [0.25, 0.3) is 0 Å². The van der Waals surface area contributed by atoms with Crippen molar-refractivity contribution >= 4 is 0 Å². The van der Waals surface area contributed by atoms with Gasteiger partial charge < -0.3 is 5.32 Å². The molecular weight excluding hydrogens is 214 g/mol. The van der Waals surface area contributed by atoms with Crippen molar-refractivity contribution in [1.82, 2.24) is 24.9 Å². The lowest BCUT2D eigenvalue weighted by molar-refractivity contribution is 0.571. The molecule has 2 heterocycles. The number of hydrogen-bond acceptors (Lipinski definition) is 3. The first-order valence-electron chi connectivity index (χ1n) is 5.99. The summed E-state index contributed by atoms with van der Waals surface area (Å²) in [4.78, 5) is 0.